The average Bonchev–Trinajstić information content (AvgIpc) is 3.39. The van der Waals surface area contributed by atoms with Crippen LogP contribution in [-0.4, -0.2) is 21.2 Å². The van der Waals surface area contributed by atoms with Crippen molar-refractivity contribution < 1.29 is 4.79 Å². The maximum Gasteiger partial charge on any atom is 0.262 e. The van der Waals surface area contributed by atoms with Gasteiger partial charge >= 0.3 is 0 Å². The second kappa shape index (κ2) is 8.27. The molecule has 0 radical (unpaired) electrons. The van der Waals surface area contributed by atoms with E-state index in [4.69, 9.17) is 4.98 Å². The van der Waals surface area contributed by atoms with E-state index in [1.807, 2.05) is 46.3 Å². The molecular weight excluding hydrogens is 378 g/mol. The first kappa shape index (κ1) is 18.3. The third-order valence-electron chi connectivity index (χ3n) is 4.84. The lowest BCUT2D eigenvalue weighted by molar-refractivity contribution is -0.118. The first-order valence-electron chi connectivity index (χ1n) is 9.15. The van der Waals surface area contributed by atoms with Crippen LogP contribution in [0.5, 0.6) is 0 Å². The molecule has 0 bridgehead atoms. The van der Waals surface area contributed by atoms with Crippen molar-refractivity contribution in [1.82, 2.24) is 14.9 Å². The molecule has 2 heterocycles. The molecule has 1 N–H and O–H groups in total. The summed E-state index contributed by atoms with van der Waals surface area (Å²) >= 11 is 2.97. The van der Waals surface area contributed by atoms with Gasteiger partial charge in [-0.15, -0.1) is 11.3 Å². The summed E-state index contributed by atoms with van der Waals surface area (Å²) in [4.78, 5) is 31.2. The number of thioether (sulfide) groups is 1. The monoisotopic (exact) mass is 399 g/mol. The lowest BCUT2D eigenvalue weighted by Gasteiger charge is -2.18. The van der Waals surface area contributed by atoms with Crippen molar-refractivity contribution in [3.05, 3.63) is 57.0 Å². The normalized spacial score (nSPS) is 14.7. The Morgan fingerprint density at radius 2 is 2.04 bits per heavy atom. The third-order valence-corrected chi connectivity index (χ3v) is 6.67. The van der Waals surface area contributed by atoms with Gasteiger partial charge in [-0.25, -0.2) is 4.98 Å². The Bertz CT molecular complexity index is 992. The molecule has 0 unspecified atom stereocenters. The molecule has 2 aromatic heterocycles. The van der Waals surface area contributed by atoms with Gasteiger partial charge in [-0.3, -0.25) is 14.2 Å². The van der Waals surface area contributed by atoms with E-state index in [2.05, 4.69) is 5.32 Å². The molecule has 1 aliphatic carbocycles. The average molecular weight is 400 g/mol. The molecule has 1 fully saturated rings. The van der Waals surface area contributed by atoms with Crippen LogP contribution in [0.15, 0.2) is 51.7 Å². The molecule has 1 aliphatic rings. The number of rotatable bonds is 6. The van der Waals surface area contributed by atoms with E-state index in [0.717, 1.165) is 30.6 Å². The maximum atomic E-state index is 13.1. The van der Waals surface area contributed by atoms with Gasteiger partial charge < -0.3 is 5.32 Å². The van der Waals surface area contributed by atoms with Crippen molar-refractivity contribution >= 4 is 39.9 Å². The highest BCUT2D eigenvalue weighted by atomic mass is 32.2. The number of thiophene rings is 1. The predicted octanol–water partition coefficient (Wildman–Crippen LogP) is 3.98. The number of nitrogens with one attached hydrogen (secondary N) is 1. The zero-order valence-electron chi connectivity index (χ0n) is 14.9. The first-order valence-corrected chi connectivity index (χ1v) is 11.0. The summed E-state index contributed by atoms with van der Waals surface area (Å²) in [6, 6.07) is 11.6. The quantitative estimate of drug-likeness (QED) is 0.503. The zero-order chi connectivity index (χ0) is 18.6. The van der Waals surface area contributed by atoms with E-state index in [1.54, 1.807) is 11.3 Å². The molecule has 0 saturated heterocycles. The lowest BCUT2D eigenvalue weighted by Crippen LogP contribution is -2.28. The Hall–Kier alpha value is -2.12. The summed E-state index contributed by atoms with van der Waals surface area (Å²) in [5, 5.41) is 6.23. The summed E-state index contributed by atoms with van der Waals surface area (Å²) < 4.78 is 1.83. The fourth-order valence-electron chi connectivity index (χ4n) is 3.49. The van der Waals surface area contributed by atoms with Gasteiger partial charge in [0, 0.05) is 10.9 Å². The fourth-order valence-corrected chi connectivity index (χ4v) is 5.03. The van der Waals surface area contributed by atoms with Crippen LogP contribution in [0.1, 0.15) is 36.6 Å². The number of benzene rings is 1. The summed E-state index contributed by atoms with van der Waals surface area (Å²) in [7, 11) is 0. The molecule has 1 aromatic carbocycles. The van der Waals surface area contributed by atoms with E-state index in [-0.39, 0.29) is 23.3 Å². The van der Waals surface area contributed by atoms with Crippen LogP contribution in [0, 0.1) is 0 Å². The number of carbonyl (C=O) groups excluding carboxylic acids is 1. The molecule has 27 heavy (non-hydrogen) atoms. The van der Waals surface area contributed by atoms with E-state index < -0.39 is 0 Å². The summed E-state index contributed by atoms with van der Waals surface area (Å²) in [6.07, 6.45) is 4.26. The predicted molar refractivity (Wildman–Crippen MR) is 110 cm³/mol. The Morgan fingerprint density at radius 1 is 1.22 bits per heavy atom. The van der Waals surface area contributed by atoms with Crippen molar-refractivity contribution in [2.24, 2.45) is 0 Å². The molecule has 3 aromatic rings. The molecule has 0 aliphatic heterocycles. The van der Waals surface area contributed by atoms with Gasteiger partial charge in [0.15, 0.2) is 5.16 Å². The molecule has 5 nitrogen and oxygen atoms in total. The molecular formula is C20H21N3O2S2. The van der Waals surface area contributed by atoms with Gasteiger partial charge in [-0.2, -0.15) is 0 Å². The summed E-state index contributed by atoms with van der Waals surface area (Å²) in [6.45, 7) is 0.539. The molecule has 140 valence electrons. The number of nitrogens with zero attached hydrogens (tertiary/aromatic N) is 2. The van der Waals surface area contributed by atoms with Crippen LogP contribution in [0.4, 0.5) is 0 Å². The van der Waals surface area contributed by atoms with Gasteiger partial charge in [-0.05, 0) is 36.4 Å². The standard InChI is InChI=1S/C20H21N3O2S2/c24-18(21-12-15-8-5-11-26-15)13-27-20-22-17-10-4-3-9-16(17)19(25)23(20)14-6-1-2-7-14/h3-5,8-11,14H,1-2,6-7,12-13H2,(H,21,24). The van der Waals surface area contributed by atoms with E-state index in [1.165, 1.54) is 11.8 Å². The number of carbonyl (C=O) groups is 1. The van der Waals surface area contributed by atoms with Crippen LogP contribution >= 0.6 is 23.1 Å². The van der Waals surface area contributed by atoms with Gasteiger partial charge in [0.05, 0.1) is 23.2 Å². The summed E-state index contributed by atoms with van der Waals surface area (Å²) in [5.74, 6) is 0.205. The second-order valence-electron chi connectivity index (χ2n) is 6.67. The van der Waals surface area contributed by atoms with Crippen molar-refractivity contribution in [2.45, 2.75) is 43.4 Å². The van der Waals surface area contributed by atoms with Crippen molar-refractivity contribution in [2.75, 3.05) is 5.75 Å². The maximum absolute atomic E-state index is 13.1. The van der Waals surface area contributed by atoms with Crippen LogP contribution in [0.3, 0.4) is 0 Å². The first-order chi connectivity index (χ1) is 13.2. The SMILES string of the molecule is O=C(CSc1nc2ccccc2c(=O)n1C1CCCC1)NCc1cccs1. The van der Waals surface area contributed by atoms with E-state index >= 15 is 0 Å². The van der Waals surface area contributed by atoms with Gasteiger partial charge in [0.2, 0.25) is 5.91 Å². The van der Waals surface area contributed by atoms with Crippen molar-refractivity contribution in [3.8, 4) is 0 Å². The summed E-state index contributed by atoms with van der Waals surface area (Å²) in [5.41, 5.74) is 0.701. The zero-order valence-corrected chi connectivity index (χ0v) is 16.5. The number of amides is 1. The molecule has 0 spiro atoms. The van der Waals surface area contributed by atoms with Gasteiger partial charge in [0.1, 0.15) is 0 Å². The highest BCUT2D eigenvalue weighted by molar-refractivity contribution is 7.99. The highest BCUT2D eigenvalue weighted by Crippen LogP contribution is 2.32. The minimum atomic E-state index is -0.0474. The number of hydrogen-bond donors (Lipinski definition) is 1. The van der Waals surface area contributed by atoms with Crippen molar-refractivity contribution in [1.29, 1.82) is 0 Å². The Kier molecular flexibility index (Phi) is 5.59. The van der Waals surface area contributed by atoms with Gasteiger partial charge in [-0.1, -0.05) is 42.8 Å². The minimum absolute atomic E-state index is 0.00833. The van der Waals surface area contributed by atoms with Crippen LogP contribution in [0.2, 0.25) is 0 Å². The molecule has 1 saturated carbocycles. The van der Waals surface area contributed by atoms with Crippen LogP contribution in [-0.2, 0) is 11.3 Å². The molecule has 0 atom stereocenters. The Labute approximate surface area is 165 Å². The third kappa shape index (κ3) is 4.09. The topological polar surface area (TPSA) is 64.0 Å². The Morgan fingerprint density at radius 3 is 2.81 bits per heavy atom. The number of para-hydroxylation sites is 1. The number of fused-ring (bicyclic) bond motifs is 1. The van der Waals surface area contributed by atoms with Crippen LogP contribution in [0.25, 0.3) is 10.9 Å². The highest BCUT2D eigenvalue weighted by Gasteiger charge is 2.23. The van der Waals surface area contributed by atoms with Crippen LogP contribution < -0.4 is 10.9 Å². The molecule has 4 rings (SSSR count). The molecule has 7 heteroatoms. The Balaban J connectivity index is 1.55. The largest absolute Gasteiger partial charge is 0.350 e. The number of aromatic nitrogens is 2. The van der Waals surface area contributed by atoms with E-state index in [9.17, 15) is 9.59 Å². The fraction of sp³-hybridized carbons (Fsp3) is 0.350. The van der Waals surface area contributed by atoms with Crippen molar-refractivity contribution in [3.63, 3.8) is 0 Å². The second-order valence-corrected chi connectivity index (χ2v) is 8.64. The molecule has 1 amide bonds. The number of hydrogen-bond acceptors (Lipinski definition) is 5. The smallest absolute Gasteiger partial charge is 0.262 e. The minimum Gasteiger partial charge on any atom is -0.350 e. The lowest BCUT2D eigenvalue weighted by atomic mass is 10.2. The van der Waals surface area contributed by atoms with E-state index in [0.29, 0.717) is 22.6 Å². The van der Waals surface area contributed by atoms with Gasteiger partial charge in [0.25, 0.3) is 5.56 Å².